The topological polar surface area (TPSA) is 38.7 Å². The number of aliphatic hydroxyl groups excluding tert-OH is 1. The van der Waals surface area contributed by atoms with Crippen molar-refractivity contribution in [3.8, 4) is 0 Å². The van der Waals surface area contributed by atoms with Crippen LogP contribution in [0.1, 0.15) is 45.4 Å². The minimum atomic E-state index is -0.0291. The average molecular weight is 297 g/mol. The third-order valence-electron chi connectivity index (χ3n) is 5.68. The Bertz CT molecular complexity index is 300. The highest BCUT2D eigenvalue weighted by molar-refractivity contribution is 4.96. The summed E-state index contributed by atoms with van der Waals surface area (Å²) in [6.45, 7) is 7.10. The van der Waals surface area contributed by atoms with Gasteiger partial charge in [-0.05, 0) is 78.2 Å². The van der Waals surface area contributed by atoms with Crippen molar-refractivity contribution in [1.82, 2.24) is 15.1 Å². The van der Waals surface area contributed by atoms with Crippen molar-refractivity contribution >= 4 is 0 Å². The Labute approximate surface area is 130 Å². The molecule has 1 saturated carbocycles. The van der Waals surface area contributed by atoms with E-state index >= 15 is 0 Å². The van der Waals surface area contributed by atoms with Crippen LogP contribution in [0.2, 0.25) is 0 Å². The molecule has 2 N–H and O–H groups in total. The summed E-state index contributed by atoms with van der Waals surface area (Å²) in [6, 6.07) is 0.629. The fraction of sp³-hybridized carbons (Fsp3) is 1.00. The van der Waals surface area contributed by atoms with E-state index in [-0.39, 0.29) is 12.1 Å². The molecule has 2 aliphatic rings. The number of piperidine rings is 1. The van der Waals surface area contributed by atoms with E-state index in [1.807, 2.05) is 0 Å². The summed E-state index contributed by atoms with van der Waals surface area (Å²) in [6.07, 6.45) is 7.42. The third kappa shape index (κ3) is 4.65. The third-order valence-corrected chi connectivity index (χ3v) is 5.68. The van der Waals surface area contributed by atoms with Gasteiger partial charge in [-0.3, -0.25) is 0 Å². The zero-order valence-electron chi connectivity index (χ0n) is 14.3. The molecule has 2 rings (SSSR count). The molecule has 1 aliphatic heterocycles. The Morgan fingerprint density at radius 1 is 1.29 bits per heavy atom. The molecule has 21 heavy (non-hydrogen) atoms. The first kappa shape index (κ1) is 17.2. The Hall–Kier alpha value is -0.160. The normalized spacial score (nSPS) is 32.7. The van der Waals surface area contributed by atoms with E-state index in [4.69, 9.17) is 0 Å². The van der Waals surface area contributed by atoms with Gasteiger partial charge in [0.1, 0.15) is 0 Å². The lowest BCUT2D eigenvalue weighted by Crippen LogP contribution is -2.55. The Morgan fingerprint density at radius 2 is 2.00 bits per heavy atom. The van der Waals surface area contributed by atoms with Crippen molar-refractivity contribution in [2.75, 3.05) is 46.9 Å². The van der Waals surface area contributed by atoms with Gasteiger partial charge in [0.05, 0.1) is 6.61 Å². The zero-order valence-corrected chi connectivity index (χ0v) is 14.3. The van der Waals surface area contributed by atoms with E-state index in [9.17, 15) is 5.11 Å². The lowest BCUT2D eigenvalue weighted by Gasteiger charge is -2.44. The van der Waals surface area contributed by atoms with E-state index in [2.05, 4.69) is 36.1 Å². The van der Waals surface area contributed by atoms with Crippen LogP contribution in [0, 0.1) is 5.92 Å². The average Bonchev–Trinajstić information content (AvgIpc) is 2.50. The number of aliphatic hydroxyl groups is 1. The SMILES string of the molecule is CCNC1(CO)CCCC(N(C)CC2CCN(C)CC2)C1. The molecule has 0 bridgehead atoms. The Kier molecular flexibility index (Phi) is 6.48. The molecule has 4 nitrogen and oxygen atoms in total. The molecular formula is C17H35N3O. The van der Waals surface area contributed by atoms with Crippen molar-refractivity contribution < 1.29 is 5.11 Å². The van der Waals surface area contributed by atoms with E-state index < -0.39 is 0 Å². The quantitative estimate of drug-likeness (QED) is 0.780. The highest BCUT2D eigenvalue weighted by Gasteiger charge is 2.36. The van der Waals surface area contributed by atoms with Crippen LogP contribution in [0.4, 0.5) is 0 Å². The predicted octanol–water partition coefficient (Wildman–Crippen LogP) is 1.54. The molecule has 0 amide bonds. The number of hydrogen-bond donors (Lipinski definition) is 2. The van der Waals surface area contributed by atoms with Crippen LogP contribution < -0.4 is 5.32 Å². The number of nitrogens with zero attached hydrogens (tertiary/aromatic N) is 2. The molecule has 2 unspecified atom stereocenters. The monoisotopic (exact) mass is 297 g/mol. The van der Waals surface area contributed by atoms with E-state index in [1.54, 1.807) is 0 Å². The minimum Gasteiger partial charge on any atom is -0.394 e. The van der Waals surface area contributed by atoms with Crippen molar-refractivity contribution in [2.45, 2.75) is 57.0 Å². The maximum Gasteiger partial charge on any atom is 0.0613 e. The highest BCUT2D eigenvalue weighted by Crippen LogP contribution is 2.31. The number of hydrogen-bond acceptors (Lipinski definition) is 4. The summed E-state index contributed by atoms with van der Waals surface area (Å²) < 4.78 is 0. The largest absolute Gasteiger partial charge is 0.394 e. The number of nitrogens with one attached hydrogen (secondary N) is 1. The molecule has 1 heterocycles. The molecule has 1 aliphatic carbocycles. The summed E-state index contributed by atoms with van der Waals surface area (Å²) in [4.78, 5) is 5.02. The smallest absolute Gasteiger partial charge is 0.0613 e. The maximum absolute atomic E-state index is 9.84. The van der Waals surface area contributed by atoms with Gasteiger partial charge in [0.15, 0.2) is 0 Å². The Balaban J connectivity index is 1.85. The first-order valence-corrected chi connectivity index (χ1v) is 8.83. The van der Waals surface area contributed by atoms with Crippen LogP contribution in [0.25, 0.3) is 0 Å². The molecule has 1 saturated heterocycles. The van der Waals surface area contributed by atoms with Gasteiger partial charge < -0.3 is 20.2 Å². The fourth-order valence-corrected chi connectivity index (χ4v) is 4.24. The molecule has 0 radical (unpaired) electrons. The van der Waals surface area contributed by atoms with Gasteiger partial charge >= 0.3 is 0 Å². The molecule has 2 atom stereocenters. The van der Waals surface area contributed by atoms with Crippen molar-refractivity contribution in [3.63, 3.8) is 0 Å². The molecule has 2 fully saturated rings. The van der Waals surface area contributed by atoms with Crippen LogP contribution >= 0.6 is 0 Å². The van der Waals surface area contributed by atoms with Crippen molar-refractivity contribution in [2.24, 2.45) is 5.92 Å². The summed E-state index contributed by atoms with van der Waals surface area (Å²) in [5.74, 6) is 0.857. The lowest BCUT2D eigenvalue weighted by molar-refractivity contribution is 0.0590. The standard InChI is InChI=1S/C17H35N3O/c1-4-18-17(14-21)9-5-6-16(12-17)20(3)13-15-7-10-19(2)11-8-15/h15-16,18,21H,4-14H2,1-3H3. The zero-order chi connectivity index (χ0) is 15.3. The minimum absolute atomic E-state index is 0.0291. The number of likely N-dealkylation sites (tertiary alicyclic amines) is 1. The van der Waals surface area contributed by atoms with Gasteiger partial charge in [-0.25, -0.2) is 0 Å². The van der Waals surface area contributed by atoms with Crippen LogP contribution in [0.5, 0.6) is 0 Å². The lowest BCUT2D eigenvalue weighted by atomic mass is 9.78. The summed E-state index contributed by atoms with van der Waals surface area (Å²) in [7, 11) is 4.52. The van der Waals surface area contributed by atoms with Crippen LogP contribution in [-0.2, 0) is 0 Å². The Morgan fingerprint density at radius 3 is 2.62 bits per heavy atom. The molecule has 0 aromatic carbocycles. The summed E-state index contributed by atoms with van der Waals surface area (Å²) in [5, 5.41) is 13.4. The molecular weight excluding hydrogens is 262 g/mol. The molecule has 4 heteroatoms. The summed E-state index contributed by atoms with van der Waals surface area (Å²) in [5.41, 5.74) is -0.0291. The van der Waals surface area contributed by atoms with E-state index in [1.165, 1.54) is 45.3 Å². The second kappa shape index (κ2) is 7.91. The van der Waals surface area contributed by atoms with E-state index in [0.717, 1.165) is 25.3 Å². The highest BCUT2D eigenvalue weighted by atomic mass is 16.3. The first-order valence-electron chi connectivity index (χ1n) is 8.83. The second-order valence-corrected chi connectivity index (χ2v) is 7.41. The molecule has 0 spiro atoms. The van der Waals surface area contributed by atoms with Gasteiger partial charge in [-0.2, -0.15) is 0 Å². The van der Waals surface area contributed by atoms with Gasteiger partial charge in [0.25, 0.3) is 0 Å². The maximum atomic E-state index is 9.84. The van der Waals surface area contributed by atoms with Gasteiger partial charge in [0, 0.05) is 18.1 Å². The first-order chi connectivity index (χ1) is 10.1. The molecule has 124 valence electrons. The van der Waals surface area contributed by atoms with Gasteiger partial charge in [-0.15, -0.1) is 0 Å². The number of likely N-dealkylation sites (N-methyl/N-ethyl adjacent to an activating group) is 1. The summed E-state index contributed by atoms with van der Waals surface area (Å²) >= 11 is 0. The number of rotatable bonds is 6. The predicted molar refractivity (Wildman–Crippen MR) is 88.6 cm³/mol. The molecule has 0 aromatic rings. The van der Waals surface area contributed by atoms with Crippen molar-refractivity contribution in [3.05, 3.63) is 0 Å². The van der Waals surface area contributed by atoms with Gasteiger partial charge in [-0.1, -0.05) is 6.92 Å². The molecule has 0 aromatic heterocycles. The van der Waals surface area contributed by atoms with Gasteiger partial charge in [0.2, 0.25) is 0 Å². The van der Waals surface area contributed by atoms with Crippen LogP contribution in [0.15, 0.2) is 0 Å². The fourth-order valence-electron chi connectivity index (χ4n) is 4.24. The van der Waals surface area contributed by atoms with Crippen molar-refractivity contribution in [1.29, 1.82) is 0 Å². The van der Waals surface area contributed by atoms with Crippen LogP contribution in [0.3, 0.4) is 0 Å². The van der Waals surface area contributed by atoms with Crippen LogP contribution in [-0.4, -0.2) is 73.4 Å². The second-order valence-electron chi connectivity index (χ2n) is 7.41. The van der Waals surface area contributed by atoms with E-state index in [0.29, 0.717) is 6.04 Å².